The van der Waals surface area contributed by atoms with Gasteiger partial charge < -0.3 is 42.3 Å². The molecule has 2 atom stereocenters. The average molecular weight is 2100 g/mol. The number of carbonyl (C=O) groups is 19. The van der Waals surface area contributed by atoms with Gasteiger partial charge in [-0.25, -0.2) is 0 Å². The number of Topliss-reactive ketones (excluding diaryl/α,β-unsaturated/α-hetero) is 17. The number of amides is 2. The van der Waals surface area contributed by atoms with Gasteiger partial charge >= 0.3 is 0 Å². The smallest absolute Gasteiger partial charge is 0.223 e. The van der Waals surface area contributed by atoms with Crippen LogP contribution in [0.3, 0.4) is 0 Å². The van der Waals surface area contributed by atoms with Crippen LogP contribution in [0.1, 0.15) is 430 Å². The number of hydrogen-bond donors (Lipinski definition) is 8. The molecule has 1 aromatic carbocycles. The zero-order valence-electron chi connectivity index (χ0n) is 98.1. The van der Waals surface area contributed by atoms with E-state index in [2.05, 4.69) is 120 Å². The molecular formula is C117H215N7O20S2. The minimum Gasteiger partial charge on any atom is -0.508 e. The lowest BCUT2D eigenvalue weighted by atomic mass is 9.93. The third kappa shape index (κ3) is 107. The fraction of sp³-hybridized carbons (Fsp3) is 0.786. The molecule has 27 nitrogen and oxygen atoms in total. The third-order valence-corrected chi connectivity index (χ3v) is 25.0. The summed E-state index contributed by atoms with van der Waals surface area (Å²) in [7, 11) is 4.01. The number of phenolic OH excluding ortho intramolecular Hbond substituents is 1. The predicted octanol–water partition coefficient (Wildman–Crippen LogP) is 22.0. The van der Waals surface area contributed by atoms with Crippen LogP contribution in [0.4, 0.5) is 0 Å². The fourth-order valence-corrected chi connectivity index (χ4v) is 14.4. The molecule has 2 amide bonds. The summed E-state index contributed by atoms with van der Waals surface area (Å²) in [5.41, 5.74) is 0.986. The van der Waals surface area contributed by atoms with Crippen molar-refractivity contribution in [2.45, 2.75) is 473 Å². The zero-order valence-corrected chi connectivity index (χ0v) is 99.7. The summed E-state index contributed by atoms with van der Waals surface area (Å²) < 4.78 is 0. The molecule has 0 aliphatic carbocycles. The van der Waals surface area contributed by atoms with Gasteiger partial charge in [0.1, 0.15) is 86.7 Å². The first kappa shape index (κ1) is 156. The van der Waals surface area contributed by atoms with E-state index in [9.17, 15) is 96.2 Å². The van der Waals surface area contributed by atoms with Crippen molar-refractivity contribution in [2.75, 3.05) is 44.2 Å². The van der Waals surface area contributed by atoms with Gasteiger partial charge in [-0.3, -0.25) is 91.1 Å². The molecule has 0 aliphatic heterocycles. The van der Waals surface area contributed by atoms with Gasteiger partial charge in [-0.05, 0) is 74.8 Å². The molecule has 0 spiro atoms. The van der Waals surface area contributed by atoms with E-state index in [1.54, 1.807) is 81.4 Å². The predicted molar refractivity (Wildman–Crippen MR) is 607 cm³/mol. The number of carbonyl (C=O) groups excluding carboxylic acids is 19. The highest BCUT2D eigenvalue weighted by atomic mass is 33.1. The summed E-state index contributed by atoms with van der Waals surface area (Å²) in [5, 5.41) is 30.9. The number of aromatic hydroxyl groups is 1. The molecular weight excluding hydrogens is 1890 g/mol. The zero-order chi connectivity index (χ0) is 114. The van der Waals surface area contributed by atoms with Gasteiger partial charge in [0.15, 0.2) is 17.3 Å². The van der Waals surface area contributed by atoms with Gasteiger partial charge in [0.05, 0.1) is 18.6 Å². The second kappa shape index (κ2) is 96.2. The van der Waals surface area contributed by atoms with Crippen molar-refractivity contribution in [3.8, 4) is 5.75 Å². The molecule has 0 radical (unpaired) electrons. The topological polar surface area (TPSA) is 429 Å². The molecule has 8 N–H and O–H groups in total. The van der Waals surface area contributed by atoms with E-state index in [4.69, 9.17) is 0 Å². The van der Waals surface area contributed by atoms with Crippen molar-refractivity contribution in [1.82, 2.24) is 37.2 Å². The highest BCUT2D eigenvalue weighted by Crippen LogP contribution is 2.26. The Labute approximate surface area is 895 Å². The van der Waals surface area contributed by atoms with Crippen LogP contribution >= 0.6 is 21.6 Å². The highest BCUT2D eigenvalue weighted by molar-refractivity contribution is 8.76. The van der Waals surface area contributed by atoms with E-state index >= 15 is 0 Å². The van der Waals surface area contributed by atoms with E-state index in [-0.39, 0.29) is 266 Å². The van der Waals surface area contributed by atoms with E-state index in [0.29, 0.717) is 99.9 Å². The van der Waals surface area contributed by atoms with Crippen LogP contribution in [-0.2, 0) is 97.5 Å². The Bertz CT molecular complexity index is 3590. The van der Waals surface area contributed by atoms with E-state index in [0.717, 1.165) is 75.7 Å². The van der Waals surface area contributed by atoms with Crippen LogP contribution in [0.2, 0.25) is 0 Å². The molecule has 0 bridgehead atoms. The molecule has 0 fully saturated rings. The third-order valence-electron chi connectivity index (χ3n) is 21.9. The average Bonchev–Trinajstić information content (AvgIpc) is 0.881. The van der Waals surface area contributed by atoms with Crippen LogP contribution in [0, 0.1) is 82.9 Å². The summed E-state index contributed by atoms with van der Waals surface area (Å²) in [6, 6.07) is 8.06. The maximum absolute atomic E-state index is 12.4. The number of hydrogen-bond acceptors (Lipinski definition) is 27. The molecule has 0 saturated carbocycles. The van der Waals surface area contributed by atoms with E-state index in [1.807, 2.05) is 145 Å². The van der Waals surface area contributed by atoms with E-state index < -0.39 is 6.04 Å². The molecule has 1 aromatic rings. The quantitative estimate of drug-likeness (QED) is 0.0222. The van der Waals surface area contributed by atoms with Gasteiger partial charge in [-0.1, -0.05) is 304 Å². The molecule has 0 aliphatic rings. The summed E-state index contributed by atoms with van der Waals surface area (Å²) in [6.45, 7) is 77.3. The lowest BCUT2D eigenvalue weighted by Gasteiger charge is -2.21. The summed E-state index contributed by atoms with van der Waals surface area (Å²) in [6.07, 6.45) is 10.5. The summed E-state index contributed by atoms with van der Waals surface area (Å²) in [5.74, 6) is 5.14. The highest BCUT2D eigenvalue weighted by Gasteiger charge is 2.29. The maximum atomic E-state index is 12.4. The molecule has 0 heterocycles. The molecule has 29 heteroatoms. The maximum Gasteiger partial charge on any atom is 0.223 e. The fourth-order valence-electron chi connectivity index (χ4n) is 11.5. The Kier molecular flexibility index (Phi) is 103. The molecule has 0 aromatic heterocycles. The number of ketones is 17. The van der Waals surface area contributed by atoms with Crippen LogP contribution < -0.4 is 37.2 Å². The largest absolute Gasteiger partial charge is 0.508 e. The van der Waals surface area contributed by atoms with Crippen molar-refractivity contribution >= 4 is 132 Å². The Morgan fingerprint density at radius 1 is 0.260 bits per heavy atom. The van der Waals surface area contributed by atoms with Crippen molar-refractivity contribution in [2.24, 2.45) is 82.9 Å². The van der Waals surface area contributed by atoms with Crippen molar-refractivity contribution in [3.05, 3.63) is 29.8 Å². The van der Waals surface area contributed by atoms with Crippen molar-refractivity contribution in [3.63, 3.8) is 0 Å². The molecule has 2 unspecified atom stereocenters. The number of phenols is 1. The summed E-state index contributed by atoms with van der Waals surface area (Å²) >= 11 is 0. The van der Waals surface area contributed by atoms with Gasteiger partial charge in [0.25, 0.3) is 0 Å². The first-order valence-electron chi connectivity index (χ1n) is 54.2. The normalized spacial score (nSPS) is 11.4. The lowest BCUT2D eigenvalue weighted by molar-refractivity contribution is -0.133. The Balaban J connectivity index is -0.000000208. The van der Waals surface area contributed by atoms with Crippen molar-refractivity contribution < 1.29 is 96.2 Å². The number of benzene rings is 1. The Morgan fingerprint density at radius 2 is 0.514 bits per heavy atom. The minimum absolute atomic E-state index is 0. The van der Waals surface area contributed by atoms with Crippen LogP contribution in [0.5, 0.6) is 5.75 Å². The molecule has 850 valence electrons. The van der Waals surface area contributed by atoms with Crippen LogP contribution in [0.25, 0.3) is 0 Å². The monoisotopic (exact) mass is 2100 g/mol. The second-order valence-electron chi connectivity index (χ2n) is 43.7. The SMILES string of the molecule is C.CC(C)C(=O)CC(NC(=O)C(C)C)C(=O)C(C)C.CC(C)C(=O)CCC(=O)CCC(=O)C(C)C.CC(C)C(=O)CCC(=O)CCC(=O)C(C)C.CC(C)C(=O)CCC(=O)CCC(=O)NCC(=O)C(C)C.CC(C)CSSCC(C)C.CC(C)NC(Cc1ccc(O)cc1)C(=O)CCC(=O)C(C)C.CC(C)NCCC(=O)C(C)C.CC(C)NCCCC(=O)CCC(=O)C(C)C.CC(C)NCCCC(=O)CCCNC(C)C. The lowest BCUT2D eigenvalue weighted by Crippen LogP contribution is -2.45. The van der Waals surface area contributed by atoms with Gasteiger partial charge in [0, 0.05) is 254 Å². The summed E-state index contributed by atoms with van der Waals surface area (Å²) in [4.78, 5) is 218. The molecule has 0 saturated heterocycles. The van der Waals surface area contributed by atoms with Gasteiger partial charge in [-0.15, -0.1) is 0 Å². The van der Waals surface area contributed by atoms with Gasteiger partial charge in [0.2, 0.25) is 11.8 Å². The van der Waals surface area contributed by atoms with Crippen LogP contribution in [0.15, 0.2) is 24.3 Å². The Hall–Kier alpha value is -7.15. The van der Waals surface area contributed by atoms with Crippen molar-refractivity contribution in [1.29, 1.82) is 0 Å². The standard InChI is InChI=1S/C18H27NO3.C15H25NO4.C14H25NO3.C13H28N2O.C13H25NO2.2C13H22O3.C9H19NO.C8H18S2.CH4/c1-12(2)17(21)9-10-18(22)16(19-13(3)4)11-14-5-7-15(20)8-6-14;1-10(2)13(18)7-5-12(17)6-8-15(20)16-9-14(19)11(3)4;1-8(2)12(16)7-11(13(17)9(3)4)15-14(18)10(5)6;1-11(2)14-9-5-7-13(16)8-6-10-15-12(3)4;1-10(2)13(16)8-7-12(15)6-5-9-14-11(3)4;2*1-9(2)12(15)7-5-11(14)6-8-13(16)10(3)4;1-7(2)9(11)5-6-10-8(3)4;1-7(2)5-9-10-6-8(3)4;/h5-8,12-13,16,19-20H,9-11H2,1-4H3;10-11H,5-9H2,1-4H3,(H,16,20);8-11H,7H2,1-6H3,(H,15,18);11-12,14-15H,5-10H2,1-4H3;10-11,14H,5-9H2,1-4H3;2*9-10H,5-8H2,1-4H3;7-8,10H,5-6H2,1-4H3;7-8H,5-6H2,1-4H3;1H4. The minimum atomic E-state index is -0.685. The molecule has 146 heavy (non-hydrogen) atoms. The number of nitrogens with one attached hydrogen (secondary N) is 7. The first-order chi connectivity index (χ1) is 67.0. The van der Waals surface area contributed by atoms with E-state index in [1.165, 1.54) is 11.5 Å². The number of rotatable bonds is 71. The molecule has 1 rings (SSSR count). The second-order valence-corrected chi connectivity index (χ2v) is 46.3. The Morgan fingerprint density at radius 3 is 0.774 bits per heavy atom. The van der Waals surface area contributed by atoms with Crippen LogP contribution in [-0.4, -0.2) is 202 Å². The van der Waals surface area contributed by atoms with Gasteiger partial charge in [-0.2, -0.15) is 0 Å². The first-order valence-corrected chi connectivity index (χ1v) is 56.7.